The number of hydrogen-bond donors (Lipinski definition) is 0. The first-order valence-electron chi connectivity index (χ1n) is 11.3. The topological polar surface area (TPSA) is 8.81 Å². The molecule has 0 aliphatic carbocycles. The van der Waals surface area contributed by atoms with Gasteiger partial charge in [0.05, 0.1) is 22.0 Å². The number of hydrogen-bond acceptors (Lipinski definition) is 0. The molecule has 3 heterocycles. The van der Waals surface area contributed by atoms with Gasteiger partial charge in [-0.15, -0.1) is 0 Å². The van der Waals surface area contributed by atoms with Crippen molar-refractivity contribution in [3.05, 3.63) is 96.7 Å². The smallest absolute Gasteiger partial charge is 0.213 e. The Morgan fingerprint density at radius 1 is 0.839 bits per heavy atom. The van der Waals surface area contributed by atoms with Crippen molar-refractivity contribution < 1.29 is 4.57 Å². The van der Waals surface area contributed by atoms with E-state index in [0.29, 0.717) is 6.04 Å². The van der Waals surface area contributed by atoms with Gasteiger partial charge in [0.1, 0.15) is 0 Å². The number of nitrogens with zero attached hydrogens (tertiary/aromatic N) is 2. The summed E-state index contributed by atoms with van der Waals surface area (Å²) in [6, 6.07) is 31.5. The van der Waals surface area contributed by atoms with Gasteiger partial charge in [-0.05, 0) is 56.2 Å². The molecule has 152 valence electrons. The maximum Gasteiger partial charge on any atom is 0.213 e. The minimum atomic E-state index is 0.105. The molecule has 0 saturated heterocycles. The van der Waals surface area contributed by atoms with E-state index in [4.69, 9.17) is 0 Å². The van der Waals surface area contributed by atoms with Crippen LogP contribution in [-0.4, -0.2) is 4.57 Å². The Labute approximate surface area is 183 Å². The Balaban J connectivity index is 1.68. The molecule has 5 aromatic rings. The molecular formula is C29H27N2+. The zero-order valence-electron chi connectivity index (χ0n) is 18.3. The predicted molar refractivity (Wildman–Crippen MR) is 129 cm³/mol. The molecule has 0 amide bonds. The molecule has 6 rings (SSSR count). The summed E-state index contributed by atoms with van der Waals surface area (Å²) in [6.45, 7) is 7.09. The van der Waals surface area contributed by atoms with E-state index in [-0.39, 0.29) is 5.41 Å². The Bertz CT molecular complexity index is 1410. The van der Waals surface area contributed by atoms with Crippen molar-refractivity contribution in [3.8, 4) is 16.9 Å². The molecule has 3 aromatic carbocycles. The zero-order chi connectivity index (χ0) is 21.2. The van der Waals surface area contributed by atoms with Gasteiger partial charge in [-0.25, -0.2) is 0 Å². The summed E-state index contributed by atoms with van der Waals surface area (Å²) in [5.41, 5.74) is 7.95. The maximum absolute atomic E-state index is 2.46. The summed E-state index contributed by atoms with van der Waals surface area (Å²) in [6.07, 6.45) is 3.35. The maximum atomic E-state index is 2.46. The Morgan fingerprint density at radius 2 is 1.48 bits per heavy atom. The first kappa shape index (κ1) is 18.4. The number of aromatic nitrogens is 2. The number of para-hydroxylation sites is 2. The van der Waals surface area contributed by atoms with Gasteiger partial charge in [-0.1, -0.05) is 49.4 Å². The largest absolute Gasteiger partial charge is 0.309 e. The number of fused-ring (bicyclic) bond motifs is 6. The minimum absolute atomic E-state index is 0.105. The van der Waals surface area contributed by atoms with Gasteiger partial charge >= 0.3 is 0 Å². The van der Waals surface area contributed by atoms with Crippen LogP contribution in [-0.2, 0) is 5.41 Å². The van der Waals surface area contributed by atoms with E-state index < -0.39 is 0 Å². The molecule has 0 saturated carbocycles. The highest BCUT2D eigenvalue weighted by Crippen LogP contribution is 2.45. The van der Waals surface area contributed by atoms with Crippen LogP contribution in [0.25, 0.3) is 38.8 Å². The fourth-order valence-corrected chi connectivity index (χ4v) is 5.62. The molecule has 0 radical (unpaired) electrons. The standard InChI is InChI=1S/C29H27N2/c1-4-29(3)20(2)30-18-10-9-13-26(30)24-19-21(16-17-25(24)29)31-27-14-7-5-11-22(27)23-12-6-8-15-28(23)31/h5-20H,4H2,1-3H3/q+1. The second-order valence-corrected chi connectivity index (χ2v) is 9.04. The summed E-state index contributed by atoms with van der Waals surface area (Å²) in [5.74, 6) is 0. The molecule has 0 fully saturated rings. The van der Waals surface area contributed by atoms with Crippen LogP contribution >= 0.6 is 0 Å². The Morgan fingerprint density at radius 3 is 2.16 bits per heavy atom. The lowest BCUT2D eigenvalue weighted by Gasteiger charge is -2.37. The third-order valence-electron chi connectivity index (χ3n) is 7.70. The molecule has 2 unspecified atom stereocenters. The first-order valence-corrected chi connectivity index (χ1v) is 11.3. The van der Waals surface area contributed by atoms with Gasteiger partial charge < -0.3 is 4.57 Å². The van der Waals surface area contributed by atoms with E-state index in [9.17, 15) is 0 Å². The summed E-state index contributed by atoms with van der Waals surface area (Å²) in [5, 5.41) is 2.61. The molecule has 2 heteroatoms. The monoisotopic (exact) mass is 403 g/mol. The second-order valence-electron chi connectivity index (χ2n) is 9.04. The normalized spacial score (nSPS) is 20.0. The van der Waals surface area contributed by atoms with Gasteiger partial charge in [0.25, 0.3) is 0 Å². The number of pyridine rings is 1. The van der Waals surface area contributed by atoms with Crippen LogP contribution in [0.3, 0.4) is 0 Å². The van der Waals surface area contributed by atoms with Crippen molar-refractivity contribution in [2.24, 2.45) is 0 Å². The van der Waals surface area contributed by atoms with Crippen LogP contribution in [0.1, 0.15) is 38.8 Å². The average molecular weight is 404 g/mol. The van der Waals surface area contributed by atoms with Crippen LogP contribution in [0.5, 0.6) is 0 Å². The first-order chi connectivity index (χ1) is 15.1. The molecule has 0 spiro atoms. The SMILES string of the molecule is CCC1(C)c2ccc(-n3c4ccccc4c4ccccc43)cc2-c2cccc[n+]2C1C. The summed E-state index contributed by atoms with van der Waals surface area (Å²) in [4.78, 5) is 0. The zero-order valence-corrected chi connectivity index (χ0v) is 18.3. The molecule has 1 aliphatic heterocycles. The van der Waals surface area contributed by atoms with E-state index in [1.165, 1.54) is 44.3 Å². The second kappa shape index (κ2) is 6.55. The highest BCUT2D eigenvalue weighted by molar-refractivity contribution is 6.09. The lowest BCUT2D eigenvalue weighted by Crippen LogP contribution is -2.53. The summed E-state index contributed by atoms with van der Waals surface area (Å²) in [7, 11) is 0. The number of rotatable bonds is 2. The summed E-state index contributed by atoms with van der Waals surface area (Å²) >= 11 is 0. The van der Waals surface area contributed by atoms with Crippen LogP contribution < -0.4 is 4.57 Å². The van der Waals surface area contributed by atoms with Gasteiger partial charge in [0, 0.05) is 28.6 Å². The molecule has 2 aromatic heterocycles. The molecule has 2 nitrogen and oxygen atoms in total. The number of benzene rings is 3. The third-order valence-corrected chi connectivity index (χ3v) is 7.70. The highest BCUT2D eigenvalue weighted by Gasteiger charge is 2.45. The lowest BCUT2D eigenvalue weighted by atomic mass is 9.69. The van der Waals surface area contributed by atoms with E-state index >= 15 is 0 Å². The Hall–Kier alpha value is -3.39. The quantitative estimate of drug-likeness (QED) is 0.281. The fourth-order valence-electron chi connectivity index (χ4n) is 5.62. The highest BCUT2D eigenvalue weighted by atomic mass is 15.0. The van der Waals surface area contributed by atoms with E-state index in [1.54, 1.807) is 0 Å². The summed E-state index contributed by atoms with van der Waals surface area (Å²) < 4.78 is 4.88. The lowest BCUT2D eigenvalue weighted by molar-refractivity contribution is -0.720. The Kier molecular flexibility index (Phi) is 3.89. The predicted octanol–water partition coefficient (Wildman–Crippen LogP) is 6.98. The van der Waals surface area contributed by atoms with Crippen molar-refractivity contribution >= 4 is 21.8 Å². The van der Waals surface area contributed by atoms with Crippen LogP contribution in [0.2, 0.25) is 0 Å². The molecule has 0 N–H and O–H groups in total. The van der Waals surface area contributed by atoms with Gasteiger partial charge in [0.15, 0.2) is 12.2 Å². The molecule has 31 heavy (non-hydrogen) atoms. The van der Waals surface area contributed by atoms with Crippen LogP contribution in [0.15, 0.2) is 91.1 Å². The van der Waals surface area contributed by atoms with Gasteiger partial charge in [-0.2, -0.15) is 4.57 Å². The van der Waals surface area contributed by atoms with Gasteiger partial charge in [-0.3, -0.25) is 0 Å². The minimum Gasteiger partial charge on any atom is -0.309 e. The van der Waals surface area contributed by atoms with Crippen LogP contribution in [0, 0.1) is 0 Å². The van der Waals surface area contributed by atoms with Crippen LogP contribution in [0.4, 0.5) is 0 Å². The van der Waals surface area contributed by atoms with E-state index in [0.717, 1.165) is 6.42 Å². The fraction of sp³-hybridized carbons (Fsp3) is 0.207. The van der Waals surface area contributed by atoms with Crippen molar-refractivity contribution in [2.75, 3.05) is 0 Å². The molecule has 1 aliphatic rings. The van der Waals surface area contributed by atoms with Crippen molar-refractivity contribution in [1.29, 1.82) is 0 Å². The van der Waals surface area contributed by atoms with E-state index in [1.807, 2.05) is 0 Å². The third kappa shape index (κ3) is 2.42. The van der Waals surface area contributed by atoms with Crippen molar-refractivity contribution in [1.82, 2.24) is 4.57 Å². The van der Waals surface area contributed by atoms with Crippen molar-refractivity contribution in [2.45, 2.75) is 38.6 Å². The molecule has 2 atom stereocenters. The van der Waals surface area contributed by atoms with E-state index in [2.05, 4.69) is 121 Å². The van der Waals surface area contributed by atoms with Crippen molar-refractivity contribution in [3.63, 3.8) is 0 Å². The average Bonchev–Trinajstić information content (AvgIpc) is 3.17. The molecular weight excluding hydrogens is 376 g/mol. The van der Waals surface area contributed by atoms with Gasteiger partial charge in [0.2, 0.25) is 5.69 Å². The molecule has 0 bridgehead atoms.